The number of rotatable bonds is 7. The van der Waals surface area contributed by atoms with Gasteiger partial charge in [-0.05, 0) is 37.5 Å². The molecule has 0 saturated heterocycles. The Kier molecular flexibility index (Phi) is 5.91. The lowest BCUT2D eigenvalue weighted by atomic mass is 10.1. The minimum Gasteiger partial charge on any atom is -0.367 e. The molecule has 2 heteroatoms. The zero-order valence-corrected chi connectivity index (χ0v) is 10.8. The Morgan fingerprint density at radius 1 is 1.25 bits per heavy atom. The second-order valence-electron chi connectivity index (χ2n) is 4.49. The van der Waals surface area contributed by atoms with Gasteiger partial charge in [-0.15, -0.1) is 0 Å². The van der Waals surface area contributed by atoms with E-state index in [2.05, 4.69) is 37.1 Å². The van der Waals surface area contributed by atoms with Crippen molar-refractivity contribution >= 4 is 5.82 Å². The second kappa shape index (κ2) is 7.26. The molecule has 1 N–H and O–H groups in total. The quantitative estimate of drug-likeness (QED) is 0.746. The largest absolute Gasteiger partial charge is 0.367 e. The molecule has 0 fully saturated rings. The fourth-order valence-electron chi connectivity index (χ4n) is 1.91. The molecule has 0 aliphatic heterocycles. The molecule has 0 spiro atoms. The summed E-state index contributed by atoms with van der Waals surface area (Å²) >= 11 is 0. The van der Waals surface area contributed by atoms with Gasteiger partial charge < -0.3 is 5.32 Å². The average Bonchev–Trinajstić information content (AvgIpc) is 2.26. The summed E-state index contributed by atoms with van der Waals surface area (Å²) in [5, 5.41) is 3.54. The first-order chi connectivity index (χ1) is 7.76. The van der Waals surface area contributed by atoms with Crippen LogP contribution in [0.15, 0.2) is 18.3 Å². The summed E-state index contributed by atoms with van der Waals surface area (Å²) in [6.07, 6.45) is 8.15. The number of anilines is 1. The van der Waals surface area contributed by atoms with Crippen LogP contribution in [0, 0.1) is 6.92 Å². The van der Waals surface area contributed by atoms with Gasteiger partial charge in [0.15, 0.2) is 0 Å². The summed E-state index contributed by atoms with van der Waals surface area (Å²) in [6.45, 7) is 6.59. The van der Waals surface area contributed by atoms with E-state index in [0.717, 1.165) is 5.82 Å². The number of nitrogens with zero attached hydrogens (tertiary/aromatic N) is 1. The summed E-state index contributed by atoms with van der Waals surface area (Å²) in [6, 6.07) is 4.74. The van der Waals surface area contributed by atoms with Crippen molar-refractivity contribution in [3.05, 3.63) is 23.9 Å². The standard InChI is InChI=1S/C14H24N2/c1-4-6-8-13(7-5-2)16-14-11-12(3)9-10-15-14/h9-11,13H,4-8H2,1-3H3,(H,15,16). The Balaban J connectivity index is 2.52. The maximum atomic E-state index is 4.36. The van der Waals surface area contributed by atoms with E-state index in [4.69, 9.17) is 0 Å². The van der Waals surface area contributed by atoms with Gasteiger partial charge in [-0.3, -0.25) is 0 Å². The number of pyridine rings is 1. The van der Waals surface area contributed by atoms with Crippen LogP contribution in [0.2, 0.25) is 0 Å². The monoisotopic (exact) mass is 220 g/mol. The molecule has 16 heavy (non-hydrogen) atoms. The van der Waals surface area contributed by atoms with Gasteiger partial charge in [0.2, 0.25) is 0 Å². The first kappa shape index (κ1) is 13.0. The Labute approximate surface area is 99.5 Å². The van der Waals surface area contributed by atoms with Crippen molar-refractivity contribution in [1.29, 1.82) is 0 Å². The molecule has 0 amide bonds. The third-order valence-corrected chi connectivity index (χ3v) is 2.81. The SMILES string of the molecule is CCCCC(CCC)Nc1cc(C)ccn1. The van der Waals surface area contributed by atoms with Crippen molar-refractivity contribution in [2.45, 2.75) is 58.9 Å². The van der Waals surface area contributed by atoms with Crippen LogP contribution in [0.5, 0.6) is 0 Å². The van der Waals surface area contributed by atoms with Gasteiger partial charge in [0.05, 0.1) is 0 Å². The zero-order valence-electron chi connectivity index (χ0n) is 10.8. The van der Waals surface area contributed by atoms with Crippen LogP contribution in [0.25, 0.3) is 0 Å². The molecule has 1 aromatic rings. The third-order valence-electron chi connectivity index (χ3n) is 2.81. The van der Waals surface area contributed by atoms with Crippen LogP contribution < -0.4 is 5.32 Å². The van der Waals surface area contributed by atoms with Gasteiger partial charge in [0.25, 0.3) is 0 Å². The van der Waals surface area contributed by atoms with E-state index in [1.807, 2.05) is 12.3 Å². The topological polar surface area (TPSA) is 24.9 Å². The normalized spacial score (nSPS) is 12.4. The molecule has 0 aliphatic carbocycles. The minimum atomic E-state index is 0.583. The molecule has 0 saturated carbocycles. The number of hydrogen-bond acceptors (Lipinski definition) is 2. The summed E-state index contributed by atoms with van der Waals surface area (Å²) in [5.74, 6) is 1.02. The smallest absolute Gasteiger partial charge is 0.126 e. The molecule has 1 atom stereocenters. The van der Waals surface area contributed by atoms with Crippen LogP contribution in [0.4, 0.5) is 5.82 Å². The molecule has 0 aliphatic rings. The second-order valence-corrected chi connectivity index (χ2v) is 4.49. The predicted octanol–water partition coefficient (Wildman–Crippen LogP) is 4.16. The van der Waals surface area contributed by atoms with E-state index in [1.165, 1.54) is 37.7 Å². The summed E-state index contributed by atoms with van der Waals surface area (Å²) in [4.78, 5) is 4.36. The molecule has 0 radical (unpaired) electrons. The number of nitrogens with one attached hydrogen (secondary N) is 1. The van der Waals surface area contributed by atoms with Crippen molar-refractivity contribution in [3.8, 4) is 0 Å². The summed E-state index contributed by atoms with van der Waals surface area (Å²) < 4.78 is 0. The van der Waals surface area contributed by atoms with E-state index < -0.39 is 0 Å². The van der Waals surface area contributed by atoms with Crippen molar-refractivity contribution < 1.29 is 0 Å². The van der Waals surface area contributed by atoms with Gasteiger partial charge in [-0.1, -0.05) is 33.1 Å². The summed E-state index contributed by atoms with van der Waals surface area (Å²) in [7, 11) is 0. The van der Waals surface area contributed by atoms with Crippen LogP contribution in [-0.2, 0) is 0 Å². The van der Waals surface area contributed by atoms with Crippen molar-refractivity contribution in [2.75, 3.05) is 5.32 Å². The van der Waals surface area contributed by atoms with E-state index in [1.54, 1.807) is 0 Å². The molecule has 0 aromatic carbocycles. The third kappa shape index (κ3) is 4.65. The molecule has 2 nitrogen and oxygen atoms in total. The van der Waals surface area contributed by atoms with Crippen LogP contribution >= 0.6 is 0 Å². The van der Waals surface area contributed by atoms with E-state index in [0.29, 0.717) is 6.04 Å². The molecule has 1 rings (SSSR count). The highest BCUT2D eigenvalue weighted by atomic mass is 15.0. The lowest BCUT2D eigenvalue weighted by molar-refractivity contribution is 0.563. The van der Waals surface area contributed by atoms with Crippen LogP contribution in [0.1, 0.15) is 51.5 Å². The molecule has 1 unspecified atom stereocenters. The van der Waals surface area contributed by atoms with E-state index in [9.17, 15) is 0 Å². The molecular formula is C14H24N2. The first-order valence-electron chi connectivity index (χ1n) is 6.45. The van der Waals surface area contributed by atoms with Gasteiger partial charge in [0, 0.05) is 12.2 Å². The number of aryl methyl sites for hydroxylation is 1. The van der Waals surface area contributed by atoms with Gasteiger partial charge in [0.1, 0.15) is 5.82 Å². The van der Waals surface area contributed by atoms with E-state index >= 15 is 0 Å². The molecule has 1 heterocycles. The minimum absolute atomic E-state index is 0.583. The predicted molar refractivity (Wildman–Crippen MR) is 70.8 cm³/mol. The number of unbranched alkanes of at least 4 members (excludes halogenated alkanes) is 1. The number of hydrogen-bond donors (Lipinski definition) is 1. The highest BCUT2D eigenvalue weighted by Crippen LogP contribution is 2.14. The van der Waals surface area contributed by atoms with E-state index in [-0.39, 0.29) is 0 Å². The maximum Gasteiger partial charge on any atom is 0.126 e. The first-order valence-corrected chi connectivity index (χ1v) is 6.45. The van der Waals surface area contributed by atoms with Gasteiger partial charge in [-0.2, -0.15) is 0 Å². The molecule has 90 valence electrons. The average molecular weight is 220 g/mol. The zero-order chi connectivity index (χ0) is 11.8. The summed E-state index contributed by atoms with van der Waals surface area (Å²) in [5.41, 5.74) is 1.27. The molecule has 0 bridgehead atoms. The maximum absolute atomic E-state index is 4.36. The molecular weight excluding hydrogens is 196 g/mol. The van der Waals surface area contributed by atoms with Crippen molar-refractivity contribution in [2.24, 2.45) is 0 Å². The van der Waals surface area contributed by atoms with Crippen LogP contribution in [-0.4, -0.2) is 11.0 Å². The van der Waals surface area contributed by atoms with Crippen LogP contribution in [0.3, 0.4) is 0 Å². The Hall–Kier alpha value is -1.05. The Morgan fingerprint density at radius 3 is 2.69 bits per heavy atom. The van der Waals surface area contributed by atoms with Gasteiger partial charge >= 0.3 is 0 Å². The fraction of sp³-hybridized carbons (Fsp3) is 0.643. The molecule has 1 aromatic heterocycles. The Bertz CT molecular complexity index is 297. The van der Waals surface area contributed by atoms with Gasteiger partial charge in [-0.25, -0.2) is 4.98 Å². The lowest BCUT2D eigenvalue weighted by Gasteiger charge is -2.18. The number of aromatic nitrogens is 1. The Morgan fingerprint density at radius 2 is 2.06 bits per heavy atom. The van der Waals surface area contributed by atoms with Crippen molar-refractivity contribution in [1.82, 2.24) is 4.98 Å². The van der Waals surface area contributed by atoms with Crippen molar-refractivity contribution in [3.63, 3.8) is 0 Å². The highest BCUT2D eigenvalue weighted by molar-refractivity contribution is 5.37. The lowest BCUT2D eigenvalue weighted by Crippen LogP contribution is -2.19. The highest BCUT2D eigenvalue weighted by Gasteiger charge is 2.07. The fourth-order valence-corrected chi connectivity index (χ4v) is 1.91.